The summed E-state index contributed by atoms with van der Waals surface area (Å²) < 4.78 is 4.29. The molecule has 1 aromatic heterocycles. The van der Waals surface area contributed by atoms with Crippen molar-refractivity contribution < 1.29 is 0 Å². The molecule has 0 saturated heterocycles. The van der Waals surface area contributed by atoms with Crippen molar-refractivity contribution in [1.29, 1.82) is 0 Å². The van der Waals surface area contributed by atoms with E-state index in [4.69, 9.17) is 0 Å². The molecule has 1 radical (unpaired) electrons. The van der Waals surface area contributed by atoms with Gasteiger partial charge in [-0.3, -0.25) is 0 Å². The van der Waals surface area contributed by atoms with Gasteiger partial charge in [0.05, 0.1) is 0 Å². The SMILES string of the molecule is CCC[CH2][Sn]([CH2]CCC)[c]1cnccn1. The molecular weight excluding hydrogens is 291 g/mol. The molecule has 2 nitrogen and oxygen atoms in total. The van der Waals surface area contributed by atoms with Gasteiger partial charge >= 0.3 is 100 Å². The Bertz CT molecular complexity index is 243. The maximum atomic E-state index is 4.51. The standard InChI is InChI=1S/C4H3N2.2C4H9.Sn/c1-2-6-4-3-5-1;2*1-3-4-2;/h1-3H;2*1,3-4H2,2H3;. The van der Waals surface area contributed by atoms with Gasteiger partial charge < -0.3 is 0 Å². The second-order valence-corrected chi connectivity index (χ2v) is 11.7. The van der Waals surface area contributed by atoms with Gasteiger partial charge in [-0.15, -0.1) is 0 Å². The molecule has 0 atom stereocenters. The molecular formula is C12H21N2Sn. The van der Waals surface area contributed by atoms with E-state index in [-0.39, 0.29) is 0 Å². The minimum atomic E-state index is -1.39. The molecule has 1 aromatic rings. The summed E-state index contributed by atoms with van der Waals surface area (Å²) >= 11 is -1.39. The van der Waals surface area contributed by atoms with Gasteiger partial charge in [-0.05, 0) is 0 Å². The molecule has 0 spiro atoms. The van der Waals surface area contributed by atoms with E-state index < -0.39 is 19.8 Å². The summed E-state index contributed by atoms with van der Waals surface area (Å²) in [4.78, 5) is 8.72. The summed E-state index contributed by atoms with van der Waals surface area (Å²) in [7, 11) is 0. The van der Waals surface area contributed by atoms with Crippen molar-refractivity contribution >= 4 is 23.5 Å². The average Bonchev–Trinajstić information content (AvgIpc) is 2.30. The van der Waals surface area contributed by atoms with E-state index in [0.717, 1.165) is 0 Å². The third-order valence-electron chi connectivity index (χ3n) is 2.59. The molecule has 15 heavy (non-hydrogen) atoms. The maximum absolute atomic E-state index is 4.51. The monoisotopic (exact) mass is 313 g/mol. The fourth-order valence-electron chi connectivity index (χ4n) is 1.64. The van der Waals surface area contributed by atoms with Crippen LogP contribution in [-0.4, -0.2) is 29.7 Å². The van der Waals surface area contributed by atoms with Crippen LogP contribution in [0.4, 0.5) is 0 Å². The van der Waals surface area contributed by atoms with Crippen LogP contribution in [0.1, 0.15) is 39.5 Å². The Morgan fingerprint density at radius 2 is 1.73 bits per heavy atom. The topological polar surface area (TPSA) is 25.8 Å². The zero-order chi connectivity index (χ0) is 10.9. The van der Waals surface area contributed by atoms with E-state index in [1.807, 2.05) is 12.4 Å². The first kappa shape index (κ1) is 12.9. The van der Waals surface area contributed by atoms with E-state index in [1.165, 1.54) is 38.3 Å². The van der Waals surface area contributed by atoms with Crippen molar-refractivity contribution in [2.24, 2.45) is 0 Å². The van der Waals surface area contributed by atoms with Gasteiger partial charge in [0, 0.05) is 0 Å². The molecule has 0 aromatic carbocycles. The van der Waals surface area contributed by atoms with Gasteiger partial charge in [-0.2, -0.15) is 0 Å². The van der Waals surface area contributed by atoms with Crippen molar-refractivity contribution in [3.8, 4) is 0 Å². The van der Waals surface area contributed by atoms with Crippen LogP contribution in [0, 0.1) is 0 Å². The van der Waals surface area contributed by atoms with Gasteiger partial charge in [-0.25, -0.2) is 0 Å². The van der Waals surface area contributed by atoms with E-state index in [2.05, 4.69) is 23.8 Å². The summed E-state index contributed by atoms with van der Waals surface area (Å²) in [5, 5.41) is 0. The molecule has 0 aliphatic rings. The summed E-state index contributed by atoms with van der Waals surface area (Å²) in [6, 6.07) is 0. The summed E-state index contributed by atoms with van der Waals surface area (Å²) in [6.07, 6.45) is 11.1. The van der Waals surface area contributed by atoms with Gasteiger partial charge in [0.25, 0.3) is 0 Å². The van der Waals surface area contributed by atoms with Crippen LogP contribution in [0.5, 0.6) is 0 Å². The second kappa shape index (κ2) is 8.08. The van der Waals surface area contributed by atoms with Crippen molar-refractivity contribution in [2.75, 3.05) is 0 Å². The van der Waals surface area contributed by atoms with Crippen molar-refractivity contribution in [3.05, 3.63) is 18.6 Å². The fourth-order valence-corrected chi connectivity index (χ4v) is 9.74. The molecule has 0 bridgehead atoms. The molecule has 0 amide bonds. The van der Waals surface area contributed by atoms with Gasteiger partial charge in [0.1, 0.15) is 0 Å². The van der Waals surface area contributed by atoms with Crippen molar-refractivity contribution in [3.63, 3.8) is 0 Å². The number of hydrogen-bond acceptors (Lipinski definition) is 2. The summed E-state index contributed by atoms with van der Waals surface area (Å²) in [6.45, 7) is 4.55. The Morgan fingerprint density at radius 1 is 1.07 bits per heavy atom. The number of aromatic nitrogens is 2. The molecule has 0 aliphatic heterocycles. The van der Waals surface area contributed by atoms with Crippen molar-refractivity contribution in [1.82, 2.24) is 9.97 Å². The Balaban J connectivity index is 2.55. The zero-order valence-corrected chi connectivity index (χ0v) is 12.7. The zero-order valence-electron chi connectivity index (χ0n) is 9.87. The molecule has 1 heterocycles. The Morgan fingerprint density at radius 3 is 2.20 bits per heavy atom. The number of hydrogen-bond donors (Lipinski definition) is 0. The predicted molar refractivity (Wildman–Crippen MR) is 66.9 cm³/mol. The Kier molecular flexibility index (Phi) is 6.97. The van der Waals surface area contributed by atoms with Crippen LogP contribution >= 0.6 is 0 Å². The molecule has 0 saturated carbocycles. The fraction of sp³-hybridized carbons (Fsp3) is 0.667. The summed E-state index contributed by atoms with van der Waals surface area (Å²) in [5.41, 5.74) is 0. The van der Waals surface area contributed by atoms with Gasteiger partial charge in [-0.1, -0.05) is 0 Å². The van der Waals surface area contributed by atoms with E-state index in [1.54, 1.807) is 6.20 Å². The molecule has 3 heteroatoms. The first-order valence-electron chi connectivity index (χ1n) is 5.99. The van der Waals surface area contributed by atoms with Crippen LogP contribution in [0.25, 0.3) is 0 Å². The van der Waals surface area contributed by atoms with E-state index in [0.29, 0.717) is 0 Å². The van der Waals surface area contributed by atoms with Crippen LogP contribution in [0.2, 0.25) is 8.87 Å². The van der Waals surface area contributed by atoms with Crippen LogP contribution in [0.3, 0.4) is 0 Å². The summed E-state index contributed by atoms with van der Waals surface area (Å²) in [5.74, 6) is 0. The molecule has 0 N–H and O–H groups in total. The first-order valence-corrected chi connectivity index (χ1v) is 11.5. The molecule has 0 fully saturated rings. The van der Waals surface area contributed by atoms with Crippen LogP contribution in [-0.2, 0) is 0 Å². The average molecular weight is 312 g/mol. The van der Waals surface area contributed by atoms with E-state index >= 15 is 0 Å². The number of rotatable bonds is 7. The molecule has 1 rings (SSSR count). The Hall–Kier alpha value is -0.121. The van der Waals surface area contributed by atoms with Gasteiger partial charge in [0.2, 0.25) is 0 Å². The molecule has 83 valence electrons. The van der Waals surface area contributed by atoms with Crippen molar-refractivity contribution in [2.45, 2.75) is 48.4 Å². The molecule has 0 unspecified atom stereocenters. The normalized spacial score (nSPS) is 10.9. The van der Waals surface area contributed by atoms with Gasteiger partial charge in [0.15, 0.2) is 0 Å². The third-order valence-corrected chi connectivity index (χ3v) is 10.9. The number of unbranched alkanes of at least 4 members (excludes halogenated alkanes) is 2. The molecule has 0 aliphatic carbocycles. The second-order valence-electron chi connectivity index (χ2n) is 3.90. The number of nitrogens with zero attached hydrogens (tertiary/aromatic N) is 2. The minimum absolute atomic E-state index is 1.32. The Labute approximate surface area is 100 Å². The predicted octanol–water partition coefficient (Wildman–Crippen LogP) is 2.78. The third kappa shape index (κ3) is 4.96. The quantitative estimate of drug-likeness (QED) is 0.724. The van der Waals surface area contributed by atoms with Crippen LogP contribution in [0.15, 0.2) is 18.6 Å². The van der Waals surface area contributed by atoms with Crippen LogP contribution < -0.4 is 3.71 Å². The van der Waals surface area contributed by atoms with E-state index in [9.17, 15) is 0 Å². The first-order chi connectivity index (χ1) is 7.38.